The molecule has 0 atom stereocenters. The lowest BCUT2D eigenvalue weighted by atomic mass is 10.1. The average molecular weight is 327 g/mol. The second kappa shape index (κ2) is 6.60. The summed E-state index contributed by atoms with van der Waals surface area (Å²) >= 11 is 11.7. The summed E-state index contributed by atoms with van der Waals surface area (Å²) in [5, 5.41) is 8.28. The topological polar surface area (TPSA) is 83.0 Å². The van der Waals surface area contributed by atoms with Gasteiger partial charge in [-0.2, -0.15) is 0 Å². The Hall–Kier alpha value is -2.05. The third-order valence-electron chi connectivity index (χ3n) is 2.54. The maximum atomic E-state index is 11.5. The maximum Gasteiger partial charge on any atom is 0.332 e. The SMILES string of the molecule is CCOC(=O)/C=C(\N)c1cc(Cl)ccc1-n1cc(Cl)nn1. The molecule has 110 valence electrons. The lowest BCUT2D eigenvalue weighted by Gasteiger charge is -2.10. The van der Waals surface area contributed by atoms with Crippen LogP contribution in [0.1, 0.15) is 12.5 Å². The molecule has 1 aromatic heterocycles. The number of benzene rings is 1. The number of halogens is 2. The van der Waals surface area contributed by atoms with Crippen molar-refractivity contribution in [3.8, 4) is 5.69 Å². The van der Waals surface area contributed by atoms with Gasteiger partial charge in [0.1, 0.15) is 0 Å². The summed E-state index contributed by atoms with van der Waals surface area (Å²) in [7, 11) is 0. The fourth-order valence-electron chi connectivity index (χ4n) is 1.69. The van der Waals surface area contributed by atoms with Gasteiger partial charge in [0, 0.05) is 22.4 Å². The van der Waals surface area contributed by atoms with Gasteiger partial charge in [-0.15, -0.1) is 5.10 Å². The van der Waals surface area contributed by atoms with Gasteiger partial charge < -0.3 is 10.5 Å². The zero-order chi connectivity index (χ0) is 15.4. The summed E-state index contributed by atoms with van der Waals surface area (Å²) in [6, 6.07) is 5.00. The van der Waals surface area contributed by atoms with Crippen molar-refractivity contribution in [3.05, 3.63) is 46.2 Å². The number of aromatic nitrogens is 3. The predicted molar refractivity (Wildman–Crippen MR) is 80.2 cm³/mol. The molecule has 2 rings (SSSR count). The molecule has 0 unspecified atom stereocenters. The molecule has 2 aromatic rings. The van der Waals surface area contributed by atoms with Crippen molar-refractivity contribution in [2.45, 2.75) is 6.92 Å². The number of nitrogens with two attached hydrogens (primary N) is 1. The van der Waals surface area contributed by atoms with E-state index in [1.807, 2.05) is 0 Å². The number of ether oxygens (including phenoxy) is 1. The van der Waals surface area contributed by atoms with E-state index in [4.69, 9.17) is 33.7 Å². The van der Waals surface area contributed by atoms with Crippen LogP contribution in [-0.4, -0.2) is 27.6 Å². The molecule has 0 saturated carbocycles. The van der Waals surface area contributed by atoms with Crippen molar-refractivity contribution in [1.29, 1.82) is 0 Å². The fraction of sp³-hybridized carbons (Fsp3) is 0.154. The highest BCUT2D eigenvalue weighted by Crippen LogP contribution is 2.24. The molecular weight excluding hydrogens is 315 g/mol. The largest absolute Gasteiger partial charge is 0.463 e. The Morgan fingerprint density at radius 1 is 1.48 bits per heavy atom. The van der Waals surface area contributed by atoms with E-state index >= 15 is 0 Å². The Balaban J connectivity index is 2.47. The third-order valence-corrected chi connectivity index (χ3v) is 2.95. The number of hydrogen-bond acceptors (Lipinski definition) is 5. The van der Waals surface area contributed by atoms with Crippen molar-refractivity contribution >= 4 is 34.9 Å². The molecule has 0 saturated heterocycles. The van der Waals surface area contributed by atoms with Crippen molar-refractivity contribution in [1.82, 2.24) is 15.0 Å². The standard InChI is InChI=1S/C13H12Cl2N4O2/c1-2-21-13(20)6-10(16)9-5-8(14)3-4-11(9)19-7-12(15)17-18-19/h3-7H,2,16H2,1H3/b10-6-. The smallest absolute Gasteiger partial charge is 0.332 e. The molecule has 0 amide bonds. The molecule has 0 aliphatic carbocycles. The Kier molecular flexibility index (Phi) is 4.82. The van der Waals surface area contributed by atoms with Gasteiger partial charge in [-0.05, 0) is 25.1 Å². The number of nitrogens with zero attached hydrogens (tertiary/aromatic N) is 3. The van der Waals surface area contributed by atoms with Crippen LogP contribution in [0.5, 0.6) is 0 Å². The van der Waals surface area contributed by atoms with Gasteiger partial charge in [-0.3, -0.25) is 0 Å². The van der Waals surface area contributed by atoms with Gasteiger partial charge in [0.15, 0.2) is 5.15 Å². The monoisotopic (exact) mass is 326 g/mol. The highest BCUT2D eigenvalue weighted by molar-refractivity contribution is 6.31. The van der Waals surface area contributed by atoms with Crippen LogP contribution < -0.4 is 5.73 Å². The van der Waals surface area contributed by atoms with Crippen LogP contribution in [0.4, 0.5) is 0 Å². The van der Waals surface area contributed by atoms with Crippen molar-refractivity contribution in [3.63, 3.8) is 0 Å². The lowest BCUT2D eigenvalue weighted by Crippen LogP contribution is -2.08. The van der Waals surface area contributed by atoms with Crippen molar-refractivity contribution in [2.24, 2.45) is 5.73 Å². The summed E-state index contributed by atoms with van der Waals surface area (Å²) in [5.74, 6) is -0.530. The molecule has 0 spiro atoms. The summed E-state index contributed by atoms with van der Waals surface area (Å²) < 4.78 is 6.27. The molecular formula is C13H12Cl2N4O2. The highest BCUT2D eigenvalue weighted by Gasteiger charge is 2.11. The first-order valence-corrected chi connectivity index (χ1v) is 6.79. The second-order valence-electron chi connectivity index (χ2n) is 4.00. The number of carbonyl (C=O) groups is 1. The molecule has 0 aliphatic heterocycles. The number of esters is 1. The van der Waals surface area contributed by atoms with Gasteiger partial charge in [0.25, 0.3) is 0 Å². The average Bonchev–Trinajstić information content (AvgIpc) is 2.85. The molecule has 8 heteroatoms. The Morgan fingerprint density at radius 3 is 2.86 bits per heavy atom. The van der Waals surface area contributed by atoms with E-state index in [0.29, 0.717) is 16.3 Å². The van der Waals surface area contributed by atoms with Crippen LogP contribution in [0.25, 0.3) is 11.4 Å². The lowest BCUT2D eigenvalue weighted by molar-refractivity contribution is -0.137. The number of rotatable bonds is 4. The highest BCUT2D eigenvalue weighted by atomic mass is 35.5. The van der Waals surface area contributed by atoms with Crippen LogP contribution in [0.2, 0.25) is 10.2 Å². The Morgan fingerprint density at radius 2 is 2.24 bits per heavy atom. The molecule has 6 nitrogen and oxygen atoms in total. The van der Waals surface area contributed by atoms with Crippen molar-refractivity contribution in [2.75, 3.05) is 6.61 Å². The van der Waals surface area contributed by atoms with E-state index in [9.17, 15) is 4.79 Å². The van der Waals surface area contributed by atoms with Crippen LogP contribution in [0.15, 0.2) is 30.5 Å². The first-order valence-electron chi connectivity index (χ1n) is 6.03. The minimum atomic E-state index is -0.530. The summed E-state index contributed by atoms with van der Waals surface area (Å²) in [6.07, 6.45) is 2.71. The molecule has 21 heavy (non-hydrogen) atoms. The first-order chi connectivity index (χ1) is 10.0. The molecule has 1 aromatic carbocycles. The normalized spacial score (nSPS) is 11.5. The van der Waals surface area contributed by atoms with Gasteiger partial charge in [-0.25, -0.2) is 9.48 Å². The predicted octanol–water partition coefficient (Wildman–Crippen LogP) is 2.44. The fourth-order valence-corrected chi connectivity index (χ4v) is 1.99. The zero-order valence-corrected chi connectivity index (χ0v) is 12.6. The summed E-state index contributed by atoms with van der Waals surface area (Å²) in [4.78, 5) is 11.5. The van der Waals surface area contributed by atoms with Crippen LogP contribution in [0, 0.1) is 0 Å². The maximum absolute atomic E-state index is 11.5. The van der Waals surface area contributed by atoms with Gasteiger partial charge in [-0.1, -0.05) is 28.4 Å². The van der Waals surface area contributed by atoms with E-state index < -0.39 is 5.97 Å². The van der Waals surface area contributed by atoms with Gasteiger partial charge in [0.2, 0.25) is 0 Å². The van der Waals surface area contributed by atoms with E-state index in [1.54, 1.807) is 25.1 Å². The molecule has 1 heterocycles. The molecule has 0 bridgehead atoms. The molecule has 0 fully saturated rings. The Bertz CT molecular complexity index is 697. The minimum Gasteiger partial charge on any atom is -0.463 e. The summed E-state index contributed by atoms with van der Waals surface area (Å²) in [6.45, 7) is 1.98. The molecule has 0 aliphatic rings. The van der Waals surface area contributed by atoms with E-state index in [-0.39, 0.29) is 17.5 Å². The number of carbonyl (C=O) groups excluding carboxylic acids is 1. The van der Waals surface area contributed by atoms with Gasteiger partial charge in [0.05, 0.1) is 18.5 Å². The molecule has 2 N–H and O–H groups in total. The van der Waals surface area contributed by atoms with E-state index in [2.05, 4.69) is 10.3 Å². The van der Waals surface area contributed by atoms with Gasteiger partial charge >= 0.3 is 5.97 Å². The van der Waals surface area contributed by atoms with Crippen molar-refractivity contribution < 1.29 is 9.53 Å². The van der Waals surface area contributed by atoms with Crippen LogP contribution >= 0.6 is 23.2 Å². The van der Waals surface area contributed by atoms with E-state index in [1.165, 1.54) is 17.0 Å². The summed E-state index contributed by atoms with van der Waals surface area (Å²) in [5.41, 5.74) is 7.27. The quantitative estimate of drug-likeness (QED) is 0.689. The number of hydrogen-bond donors (Lipinski definition) is 1. The first kappa shape index (κ1) is 15.3. The van der Waals surface area contributed by atoms with Crippen LogP contribution in [-0.2, 0) is 9.53 Å². The molecule has 0 radical (unpaired) electrons. The van der Waals surface area contributed by atoms with Crippen LogP contribution in [0.3, 0.4) is 0 Å². The second-order valence-corrected chi connectivity index (χ2v) is 4.82. The third kappa shape index (κ3) is 3.74. The van der Waals surface area contributed by atoms with E-state index in [0.717, 1.165) is 0 Å². The zero-order valence-electron chi connectivity index (χ0n) is 11.1. The Labute approximate surface area is 131 Å². The minimum absolute atomic E-state index is 0.206.